The Kier molecular flexibility index (Phi) is 5.57. The van der Waals surface area contributed by atoms with Crippen LogP contribution < -0.4 is 10.2 Å². The zero-order chi connectivity index (χ0) is 26.8. The molecule has 3 amide bonds. The maximum atomic E-state index is 13.8. The van der Waals surface area contributed by atoms with Crippen molar-refractivity contribution in [1.29, 1.82) is 0 Å². The minimum atomic E-state index is -4.79. The third-order valence-electron chi connectivity index (χ3n) is 7.29. The van der Waals surface area contributed by atoms with Gasteiger partial charge in [-0.3, -0.25) is 14.4 Å². The van der Waals surface area contributed by atoms with E-state index >= 15 is 0 Å². The Bertz CT molecular complexity index is 1500. The lowest BCUT2D eigenvalue weighted by Gasteiger charge is -2.35. The molecule has 1 N–H and O–H groups in total. The number of rotatable bonds is 3. The number of para-hydroxylation sites is 1. The second kappa shape index (κ2) is 8.73. The molecule has 1 unspecified atom stereocenters. The number of fused-ring (bicyclic) bond motifs is 5. The molecule has 3 heterocycles. The molecule has 3 aromatic rings. The van der Waals surface area contributed by atoms with Gasteiger partial charge in [0.05, 0.1) is 29.1 Å². The normalized spacial score (nSPS) is 23.8. The van der Waals surface area contributed by atoms with Crippen molar-refractivity contribution in [1.82, 2.24) is 4.90 Å². The first-order chi connectivity index (χ1) is 18.2. The van der Waals surface area contributed by atoms with E-state index in [1.807, 2.05) is 12.1 Å². The third kappa shape index (κ3) is 3.68. The van der Waals surface area contributed by atoms with Crippen LogP contribution >= 0.6 is 11.6 Å². The maximum absolute atomic E-state index is 13.8. The number of halogens is 4. The molecule has 0 radical (unpaired) electrons. The predicted molar refractivity (Wildman–Crippen MR) is 135 cm³/mol. The van der Waals surface area contributed by atoms with E-state index in [1.165, 1.54) is 12.1 Å². The molecule has 0 saturated carbocycles. The highest BCUT2D eigenvalue weighted by atomic mass is 35.5. The Morgan fingerprint density at radius 2 is 1.53 bits per heavy atom. The van der Waals surface area contributed by atoms with Crippen molar-refractivity contribution in [2.75, 3.05) is 10.2 Å². The minimum Gasteiger partial charge on any atom is -0.357 e. The molecule has 3 aliphatic rings. The molecule has 3 aromatic carbocycles. The molecule has 0 aromatic heterocycles. The lowest BCUT2D eigenvalue weighted by molar-refractivity contribution is -0.137. The smallest absolute Gasteiger partial charge is 0.357 e. The summed E-state index contributed by atoms with van der Waals surface area (Å²) in [5.41, 5.74) is 0.327. The number of carbonyl (C=O) groups is 3. The molecule has 38 heavy (non-hydrogen) atoms. The van der Waals surface area contributed by atoms with Crippen LogP contribution in [0.15, 0.2) is 79.0 Å². The highest BCUT2D eigenvalue weighted by molar-refractivity contribution is 6.30. The number of benzene rings is 3. The Morgan fingerprint density at radius 1 is 0.868 bits per heavy atom. The minimum absolute atomic E-state index is 0.428. The topological polar surface area (TPSA) is 69.7 Å². The molecule has 6 nitrogen and oxygen atoms in total. The zero-order valence-corrected chi connectivity index (χ0v) is 20.3. The van der Waals surface area contributed by atoms with Crippen molar-refractivity contribution < 1.29 is 27.6 Å². The van der Waals surface area contributed by atoms with Crippen LogP contribution in [0.3, 0.4) is 0 Å². The third-order valence-corrected chi connectivity index (χ3v) is 7.54. The van der Waals surface area contributed by atoms with Gasteiger partial charge in [-0.05, 0) is 53.6 Å². The van der Waals surface area contributed by atoms with Gasteiger partial charge in [-0.15, -0.1) is 0 Å². The summed E-state index contributed by atoms with van der Waals surface area (Å²) in [6.45, 7) is 0. The van der Waals surface area contributed by atoms with Crippen LogP contribution in [0.25, 0.3) is 6.08 Å². The van der Waals surface area contributed by atoms with Crippen molar-refractivity contribution in [2.24, 2.45) is 11.8 Å². The number of imide groups is 1. The van der Waals surface area contributed by atoms with Crippen LogP contribution in [0.1, 0.15) is 22.7 Å². The van der Waals surface area contributed by atoms with E-state index in [2.05, 4.69) is 5.32 Å². The molecular formula is C28H19ClF3N3O3. The van der Waals surface area contributed by atoms with Gasteiger partial charge >= 0.3 is 6.18 Å². The molecule has 4 atom stereocenters. The number of hydrogen-bond donors (Lipinski definition) is 1. The van der Waals surface area contributed by atoms with Crippen LogP contribution in [0, 0.1) is 11.8 Å². The maximum Gasteiger partial charge on any atom is 0.418 e. The molecule has 3 aliphatic heterocycles. The molecule has 6 rings (SSSR count). The number of hydrogen-bond acceptors (Lipinski definition) is 4. The fraction of sp³-hybridized carbons (Fsp3) is 0.179. The number of nitrogens with zero attached hydrogens (tertiary/aromatic N) is 2. The summed E-state index contributed by atoms with van der Waals surface area (Å²) in [4.78, 5) is 43.6. The lowest BCUT2D eigenvalue weighted by atomic mass is 9.84. The molecule has 192 valence electrons. The SMILES string of the molecule is O=C(Nc1ccc(Cl)cc1)[C@H]1[C@H]2C(=O)N(c3ccccc3C(F)(F)F)C(=O)[C@H]2C2c3ccccc3C=CN21. The molecular weight excluding hydrogens is 519 g/mol. The molecule has 2 saturated heterocycles. The predicted octanol–water partition coefficient (Wildman–Crippen LogP) is 5.51. The van der Waals surface area contributed by atoms with Crippen molar-refractivity contribution in [3.8, 4) is 0 Å². The quantitative estimate of drug-likeness (QED) is 0.447. The summed E-state index contributed by atoms with van der Waals surface area (Å²) in [6.07, 6.45) is -1.32. The van der Waals surface area contributed by atoms with Gasteiger partial charge in [0, 0.05) is 16.9 Å². The molecule has 10 heteroatoms. The fourth-order valence-corrected chi connectivity index (χ4v) is 5.88. The van der Waals surface area contributed by atoms with Gasteiger partial charge < -0.3 is 10.2 Å². The van der Waals surface area contributed by atoms with E-state index in [4.69, 9.17) is 11.6 Å². The highest BCUT2D eigenvalue weighted by Crippen LogP contribution is 2.54. The van der Waals surface area contributed by atoms with Gasteiger partial charge in [0.15, 0.2) is 0 Å². The number of carbonyl (C=O) groups excluding carboxylic acids is 3. The second-order valence-corrected chi connectivity index (χ2v) is 9.79. The average Bonchev–Trinajstić information content (AvgIpc) is 3.37. The van der Waals surface area contributed by atoms with Gasteiger partial charge in [0.2, 0.25) is 17.7 Å². The van der Waals surface area contributed by atoms with E-state index in [1.54, 1.807) is 53.6 Å². The first-order valence-electron chi connectivity index (χ1n) is 11.8. The monoisotopic (exact) mass is 537 g/mol. The number of amides is 3. The first-order valence-corrected chi connectivity index (χ1v) is 12.2. The van der Waals surface area contributed by atoms with Gasteiger partial charge in [0.1, 0.15) is 6.04 Å². The number of nitrogens with one attached hydrogen (secondary N) is 1. The van der Waals surface area contributed by atoms with E-state index in [9.17, 15) is 27.6 Å². The second-order valence-electron chi connectivity index (χ2n) is 9.36. The van der Waals surface area contributed by atoms with E-state index in [0.29, 0.717) is 15.6 Å². The summed E-state index contributed by atoms with van der Waals surface area (Å²) < 4.78 is 41.5. The van der Waals surface area contributed by atoms with Gasteiger partial charge in [-0.25, -0.2) is 4.90 Å². The van der Waals surface area contributed by atoms with E-state index in [0.717, 1.165) is 23.3 Å². The Morgan fingerprint density at radius 3 is 2.26 bits per heavy atom. The lowest BCUT2D eigenvalue weighted by Crippen LogP contribution is -2.46. The summed E-state index contributed by atoms with van der Waals surface area (Å²) >= 11 is 5.94. The Hall–Kier alpha value is -4.11. The Balaban J connectivity index is 1.46. The average molecular weight is 538 g/mol. The summed E-state index contributed by atoms with van der Waals surface area (Å²) in [7, 11) is 0. The summed E-state index contributed by atoms with van der Waals surface area (Å²) in [5.74, 6) is -4.42. The van der Waals surface area contributed by atoms with Crippen LogP contribution in [0.5, 0.6) is 0 Å². The van der Waals surface area contributed by atoms with Gasteiger partial charge in [0.25, 0.3) is 0 Å². The van der Waals surface area contributed by atoms with Crippen LogP contribution in [0.2, 0.25) is 5.02 Å². The first kappa shape index (κ1) is 24.2. The van der Waals surface area contributed by atoms with Crippen molar-refractivity contribution in [2.45, 2.75) is 18.3 Å². The standard InChI is InChI=1S/C28H19ClF3N3O3/c29-16-9-11-17(12-10-16)33-25(36)24-22-21(23-18-6-2-1-5-15(18)13-14-34(23)24)26(37)35(27(22)38)20-8-4-3-7-19(20)28(30,31)32/h1-14,21-24H,(H,33,36)/t21-,22+,23?,24-/m1/s1. The van der Waals surface area contributed by atoms with Gasteiger partial charge in [-0.1, -0.05) is 48.0 Å². The molecule has 0 spiro atoms. The van der Waals surface area contributed by atoms with E-state index < -0.39 is 59.1 Å². The van der Waals surface area contributed by atoms with E-state index in [-0.39, 0.29) is 0 Å². The fourth-order valence-electron chi connectivity index (χ4n) is 5.75. The van der Waals surface area contributed by atoms with Crippen molar-refractivity contribution in [3.05, 3.63) is 101 Å². The molecule has 0 bridgehead atoms. The van der Waals surface area contributed by atoms with Crippen LogP contribution in [0.4, 0.5) is 24.5 Å². The molecule has 0 aliphatic carbocycles. The largest absolute Gasteiger partial charge is 0.418 e. The summed E-state index contributed by atoms with van der Waals surface area (Å²) in [5, 5.41) is 3.24. The van der Waals surface area contributed by atoms with Crippen molar-refractivity contribution in [3.63, 3.8) is 0 Å². The van der Waals surface area contributed by atoms with Gasteiger partial charge in [-0.2, -0.15) is 13.2 Å². The number of anilines is 2. The highest BCUT2D eigenvalue weighted by Gasteiger charge is 2.65. The Labute approximate surface area is 220 Å². The van der Waals surface area contributed by atoms with Crippen molar-refractivity contribution >= 4 is 46.8 Å². The number of alkyl halides is 3. The van der Waals surface area contributed by atoms with Crippen LogP contribution in [-0.4, -0.2) is 28.7 Å². The van der Waals surface area contributed by atoms with Crippen LogP contribution in [-0.2, 0) is 20.6 Å². The zero-order valence-electron chi connectivity index (χ0n) is 19.5. The molecule has 2 fully saturated rings. The summed E-state index contributed by atoms with van der Waals surface area (Å²) in [6, 6.07) is 16.3.